The summed E-state index contributed by atoms with van der Waals surface area (Å²) in [5.41, 5.74) is 0.456. The standard InChI is InChI=1S/C11H5Cl3O2S/c12-7-3-8(13)10(9(14)4-7)16-11(15)6-1-2-17-5-6/h1-5H. The zero-order valence-corrected chi connectivity index (χ0v) is 11.3. The van der Waals surface area contributed by atoms with Gasteiger partial charge >= 0.3 is 5.97 Å². The molecule has 17 heavy (non-hydrogen) atoms. The lowest BCUT2D eigenvalue weighted by atomic mass is 10.3. The van der Waals surface area contributed by atoms with E-state index in [1.54, 1.807) is 16.8 Å². The van der Waals surface area contributed by atoms with E-state index in [1.807, 2.05) is 0 Å². The van der Waals surface area contributed by atoms with Crippen LogP contribution in [0.25, 0.3) is 0 Å². The van der Waals surface area contributed by atoms with Gasteiger partial charge in [0.25, 0.3) is 0 Å². The Bertz CT molecular complexity index is 529. The second kappa shape index (κ2) is 5.27. The summed E-state index contributed by atoms with van der Waals surface area (Å²) in [7, 11) is 0. The molecule has 1 aromatic heterocycles. The van der Waals surface area contributed by atoms with Gasteiger partial charge in [-0.15, -0.1) is 0 Å². The molecule has 0 spiro atoms. The third-order valence-corrected chi connectivity index (χ3v) is 3.38. The average Bonchev–Trinajstić information content (AvgIpc) is 2.76. The van der Waals surface area contributed by atoms with Crippen molar-refractivity contribution in [2.75, 3.05) is 0 Å². The minimum atomic E-state index is -0.502. The third-order valence-electron chi connectivity index (χ3n) is 1.91. The Balaban J connectivity index is 2.28. The molecule has 0 aliphatic carbocycles. The second-order valence-corrected chi connectivity index (χ2v) is 5.13. The normalized spacial score (nSPS) is 10.3. The average molecular weight is 308 g/mol. The van der Waals surface area contributed by atoms with Crippen LogP contribution in [0, 0.1) is 0 Å². The maximum atomic E-state index is 11.7. The van der Waals surface area contributed by atoms with E-state index < -0.39 is 5.97 Å². The van der Waals surface area contributed by atoms with Gasteiger partial charge in [0, 0.05) is 10.4 Å². The molecule has 0 aliphatic rings. The number of thiophene rings is 1. The number of hydrogen-bond donors (Lipinski definition) is 0. The maximum absolute atomic E-state index is 11.7. The van der Waals surface area contributed by atoms with Gasteiger partial charge in [-0.2, -0.15) is 11.3 Å². The van der Waals surface area contributed by atoms with E-state index in [-0.39, 0.29) is 15.8 Å². The fourth-order valence-electron chi connectivity index (χ4n) is 1.16. The van der Waals surface area contributed by atoms with Gasteiger partial charge in [-0.1, -0.05) is 34.8 Å². The number of ether oxygens (including phenoxy) is 1. The molecule has 0 bridgehead atoms. The molecule has 1 aromatic carbocycles. The van der Waals surface area contributed by atoms with Crippen LogP contribution in [-0.2, 0) is 0 Å². The molecule has 1 heterocycles. The highest BCUT2D eigenvalue weighted by molar-refractivity contribution is 7.08. The number of carbonyl (C=O) groups excluding carboxylic acids is 1. The fraction of sp³-hybridized carbons (Fsp3) is 0. The van der Waals surface area contributed by atoms with Gasteiger partial charge in [-0.3, -0.25) is 0 Å². The van der Waals surface area contributed by atoms with E-state index in [9.17, 15) is 4.79 Å². The number of carbonyl (C=O) groups is 1. The molecule has 2 aromatic rings. The van der Waals surface area contributed by atoms with Gasteiger partial charge in [0.2, 0.25) is 0 Å². The molecule has 88 valence electrons. The van der Waals surface area contributed by atoms with Crippen LogP contribution >= 0.6 is 46.1 Å². The van der Waals surface area contributed by atoms with Crippen LogP contribution in [0.4, 0.5) is 0 Å². The molecular weight excluding hydrogens is 303 g/mol. The number of esters is 1. The van der Waals surface area contributed by atoms with Crippen LogP contribution in [-0.4, -0.2) is 5.97 Å². The lowest BCUT2D eigenvalue weighted by Crippen LogP contribution is -2.07. The Labute approximate surface area is 117 Å². The maximum Gasteiger partial charge on any atom is 0.344 e. The molecule has 6 heteroatoms. The van der Waals surface area contributed by atoms with Gasteiger partial charge < -0.3 is 4.74 Å². The summed E-state index contributed by atoms with van der Waals surface area (Å²) in [6.45, 7) is 0. The number of rotatable bonds is 2. The lowest BCUT2D eigenvalue weighted by molar-refractivity contribution is 0.0735. The first-order valence-electron chi connectivity index (χ1n) is 4.47. The van der Waals surface area contributed by atoms with Crippen molar-refractivity contribution < 1.29 is 9.53 Å². The Hall–Kier alpha value is -0.740. The van der Waals surface area contributed by atoms with Gasteiger partial charge in [-0.05, 0) is 23.6 Å². The van der Waals surface area contributed by atoms with Crippen LogP contribution in [0.2, 0.25) is 15.1 Å². The summed E-state index contributed by atoms with van der Waals surface area (Å²) >= 11 is 18.9. The second-order valence-electron chi connectivity index (χ2n) is 3.10. The van der Waals surface area contributed by atoms with Crippen LogP contribution in [0.3, 0.4) is 0 Å². The minimum absolute atomic E-state index is 0.119. The first-order valence-corrected chi connectivity index (χ1v) is 6.54. The predicted octanol–water partition coefficient (Wildman–Crippen LogP) is 4.93. The van der Waals surface area contributed by atoms with Gasteiger partial charge in [0.15, 0.2) is 5.75 Å². The summed E-state index contributed by atoms with van der Waals surface area (Å²) in [5.74, 6) is -0.383. The first-order chi connectivity index (χ1) is 8.08. The van der Waals surface area contributed by atoms with Crippen LogP contribution in [0.15, 0.2) is 29.0 Å². The molecule has 2 rings (SSSR count). The highest BCUT2D eigenvalue weighted by Gasteiger charge is 2.15. The Morgan fingerprint density at radius 3 is 2.35 bits per heavy atom. The monoisotopic (exact) mass is 306 g/mol. The summed E-state index contributed by atoms with van der Waals surface area (Å²) in [6.07, 6.45) is 0. The molecule has 0 radical (unpaired) electrons. The summed E-state index contributed by atoms with van der Waals surface area (Å²) in [5, 5.41) is 4.24. The summed E-state index contributed by atoms with van der Waals surface area (Å²) < 4.78 is 5.12. The summed E-state index contributed by atoms with van der Waals surface area (Å²) in [4.78, 5) is 11.7. The van der Waals surface area contributed by atoms with Gasteiger partial charge in [0.1, 0.15) is 0 Å². The zero-order valence-electron chi connectivity index (χ0n) is 8.25. The van der Waals surface area contributed by atoms with E-state index in [0.29, 0.717) is 10.6 Å². The predicted molar refractivity (Wildman–Crippen MR) is 70.7 cm³/mol. The number of halogens is 3. The van der Waals surface area contributed by atoms with Crippen LogP contribution in [0.5, 0.6) is 5.75 Å². The Morgan fingerprint density at radius 1 is 1.18 bits per heavy atom. The van der Waals surface area contributed by atoms with E-state index in [4.69, 9.17) is 39.5 Å². The lowest BCUT2D eigenvalue weighted by Gasteiger charge is -2.07. The SMILES string of the molecule is O=C(Oc1c(Cl)cc(Cl)cc1Cl)c1ccsc1. The molecule has 2 nitrogen and oxygen atoms in total. The highest BCUT2D eigenvalue weighted by Crippen LogP contribution is 2.36. The molecule has 0 aliphatic heterocycles. The van der Waals surface area contributed by atoms with Gasteiger partial charge in [0.05, 0.1) is 15.6 Å². The minimum Gasteiger partial charge on any atom is -0.420 e. The zero-order chi connectivity index (χ0) is 12.4. The van der Waals surface area contributed by atoms with Crippen molar-refractivity contribution in [1.82, 2.24) is 0 Å². The largest absolute Gasteiger partial charge is 0.420 e. The smallest absolute Gasteiger partial charge is 0.344 e. The van der Waals surface area contributed by atoms with Crippen molar-refractivity contribution in [2.24, 2.45) is 0 Å². The molecule has 0 N–H and O–H groups in total. The summed E-state index contributed by atoms with van der Waals surface area (Å²) in [6, 6.07) is 4.58. The Morgan fingerprint density at radius 2 is 1.82 bits per heavy atom. The van der Waals surface area contributed by atoms with Crippen molar-refractivity contribution >= 4 is 52.1 Å². The Kier molecular flexibility index (Phi) is 3.94. The van der Waals surface area contributed by atoms with Crippen molar-refractivity contribution in [2.45, 2.75) is 0 Å². The van der Waals surface area contributed by atoms with E-state index >= 15 is 0 Å². The molecule has 0 saturated heterocycles. The van der Waals surface area contributed by atoms with Crippen molar-refractivity contribution in [1.29, 1.82) is 0 Å². The third kappa shape index (κ3) is 2.93. The topological polar surface area (TPSA) is 26.3 Å². The molecular formula is C11H5Cl3O2S. The fourth-order valence-corrected chi connectivity index (χ4v) is 2.68. The van der Waals surface area contributed by atoms with Crippen molar-refractivity contribution in [3.8, 4) is 5.75 Å². The highest BCUT2D eigenvalue weighted by atomic mass is 35.5. The molecule has 0 unspecified atom stereocenters. The van der Waals surface area contributed by atoms with E-state index in [0.717, 1.165) is 0 Å². The van der Waals surface area contributed by atoms with Crippen LogP contribution < -0.4 is 4.74 Å². The quantitative estimate of drug-likeness (QED) is 0.581. The molecule has 0 amide bonds. The molecule has 0 atom stereocenters. The number of benzene rings is 1. The first kappa shape index (κ1) is 12.7. The number of hydrogen-bond acceptors (Lipinski definition) is 3. The van der Waals surface area contributed by atoms with Crippen molar-refractivity contribution in [3.63, 3.8) is 0 Å². The van der Waals surface area contributed by atoms with Gasteiger partial charge in [-0.25, -0.2) is 4.79 Å². The van der Waals surface area contributed by atoms with Crippen molar-refractivity contribution in [3.05, 3.63) is 49.6 Å². The molecule has 0 saturated carbocycles. The van der Waals surface area contributed by atoms with E-state index in [2.05, 4.69) is 0 Å². The van der Waals surface area contributed by atoms with Crippen LogP contribution in [0.1, 0.15) is 10.4 Å². The van der Waals surface area contributed by atoms with E-state index in [1.165, 1.54) is 23.5 Å². The molecule has 0 fully saturated rings.